The quantitative estimate of drug-likeness (QED) is 0.836. The molecule has 3 heterocycles. The van der Waals surface area contributed by atoms with Gasteiger partial charge in [0.25, 0.3) is 0 Å². The molecule has 2 aromatic carbocycles. The molecule has 3 aliphatic rings. The number of benzene rings is 2. The van der Waals surface area contributed by atoms with Gasteiger partial charge in [0.1, 0.15) is 11.6 Å². The van der Waals surface area contributed by atoms with Crippen LogP contribution in [0.4, 0.5) is 8.78 Å². The van der Waals surface area contributed by atoms with Gasteiger partial charge in [0.2, 0.25) is 0 Å². The lowest BCUT2D eigenvalue weighted by atomic mass is 9.80. The van der Waals surface area contributed by atoms with Crippen molar-refractivity contribution in [1.82, 2.24) is 0 Å². The topological polar surface area (TPSA) is 27.7 Å². The van der Waals surface area contributed by atoms with Crippen molar-refractivity contribution in [2.24, 2.45) is 0 Å². The molecular weight excluding hydrogens is 326 g/mol. The summed E-state index contributed by atoms with van der Waals surface area (Å²) in [5, 5.41) is 0. The maximum absolute atomic E-state index is 13.5. The molecule has 5 rings (SSSR count). The van der Waals surface area contributed by atoms with Crippen LogP contribution in [0.3, 0.4) is 0 Å². The monoisotopic (exact) mass is 346 g/mol. The molecule has 0 amide bonds. The van der Waals surface area contributed by atoms with E-state index in [9.17, 15) is 8.78 Å². The SMILES string of the molecule is CCCc1ccc(C23COC(c4cc(F)cc(F)c4)(OC2)OC3)cc1. The molecule has 3 nitrogen and oxygen atoms in total. The zero-order valence-corrected chi connectivity index (χ0v) is 14.1. The van der Waals surface area contributed by atoms with Crippen LogP contribution in [0.25, 0.3) is 0 Å². The van der Waals surface area contributed by atoms with Crippen LogP contribution >= 0.6 is 0 Å². The minimum Gasteiger partial charge on any atom is -0.322 e. The second-order valence-corrected chi connectivity index (χ2v) is 6.81. The van der Waals surface area contributed by atoms with E-state index in [0.717, 1.165) is 24.5 Å². The van der Waals surface area contributed by atoms with Gasteiger partial charge in [-0.15, -0.1) is 0 Å². The second kappa shape index (κ2) is 6.16. The van der Waals surface area contributed by atoms with Gasteiger partial charge in [-0.05, 0) is 29.7 Å². The summed E-state index contributed by atoms with van der Waals surface area (Å²) in [6, 6.07) is 11.6. The van der Waals surface area contributed by atoms with Gasteiger partial charge in [-0.1, -0.05) is 37.6 Å². The van der Waals surface area contributed by atoms with E-state index in [-0.39, 0.29) is 5.56 Å². The third-order valence-corrected chi connectivity index (χ3v) is 4.94. The zero-order valence-electron chi connectivity index (χ0n) is 14.1. The molecule has 0 spiro atoms. The Labute approximate surface area is 145 Å². The first-order chi connectivity index (χ1) is 12.1. The predicted octanol–water partition coefficient (Wildman–Crippen LogP) is 4.04. The maximum atomic E-state index is 13.5. The molecule has 0 aliphatic carbocycles. The molecule has 2 aromatic rings. The van der Waals surface area contributed by atoms with Gasteiger partial charge in [-0.3, -0.25) is 0 Å². The predicted molar refractivity (Wildman–Crippen MR) is 88.0 cm³/mol. The molecule has 0 saturated carbocycles. The average Bonchev–Trinajstić information content (AvgIpc) is 2.63. The van der Waals surface area contributed by atoms with Gasteiger partial charge in [0.05, 0.1) is 25.2 Å². The molecule has 5 heteroatoms. The molecule has 0 atom stereocenters. The number of rotatable bonds is 4. The Morgan fingerprint density at radius 1 is 0.840 bits per heavy atom. The Balaban J connectivity index is 1.57. The summed E-state index contributed by atoms with van der Waals surface area (Å²) in [5.74, 6) is -2.89. The van der Waals surface area contributed by atoms with Crippen LogP contribution in [-0.2, 0) is 32.0 Å². The van der Waals surface area contributed by atoms with Gasteiger partial charge in [0, 0.05) is 11.6 Å². The zero-order chi connectivity index (χ0) is 17.5. The highest BCUT2D eigenvalue weighted by Gasteiger charge is 2.54. The van der Waals surface area contributed by atoms with E-state index in [1.54, 1.807) is 0 Å². The van der Waals surface area contributed by atoms with E-state index in [2.05, 4.69) is 31.2 Å². The van der Waals surface area contributed by atoms with Crippen molar-refractivity contribution >= 4 is 0 Å². The van der Waals surface area contributed by atoms with Crippen molar-refractivity contribution in [3.63, 3.8) is 0 Å². The third-order valence-electron chi connectivity index (χ3n) is 4.94. The van der Waals surface area contributed by atoms with Crippen molar-refractivity contribution in [1.29, 1.82) is 0 Å². The fourth-order valence-electron chi connectivity index (χ4n) is 3.49. The molecule has 0 N–H and O–H groups in total. The first-order valence-electron chi connectivity index (χ1n) is 8.53. The minimum atomic E-state index is -1.52. The first-order valence-corrected chi connectivity index (χ1v) is 8.53. The van der Waals surface area contributed by atoms with Crippen LogP contribution in [0.2, 0.25) is 0 Å². The third kappa shape index (κ3) is 2.86. The van der Waals surface area contributed by atoms with E-state index in [0.29, 0.717) is 19.8 Å². The fraction of sp³-hybridized carbons (Fsp3) is 0.400. The lowest BCUT2D eigenvalue weighted by Crippen LogP contribution is -2.60. The molecule has 3 aliphatic heterocycles. The highest BCUT2D eigenvalue weighted by Crippen LogP contribution is 2.45. The van der Waals surface area contributed by atoms with Crippen molar-refractivity contribution in [2.45, 2.75) is 31.2 Å². The number of aryl methyl sites for hydroxylation is 1. The number of halogens is 2. The smallest absolute Gasteiger partial charge is 0.312 e. The van der Waals surface area contributed by atoms with Crippen molar-refractivity contribution in [3.05, 3.63) is 70.8 Å². The summed E-state index contributed by atoms with van der Waals surface area (Å²) < 4.78 is 44.5. The number of hydrogen-bond acceptors (Lipinski definition) is 3. The molecular formula is C20H20F2O3. The summed E-state index contributed by atoms with van der Waals surface area (Å²) >= 11 is 0. The normalized spacial score (nSPS) is 28.3. The minimum absolute atomic E-state index is 0.205. The molecule has 0 radical (unpaired) electrons. The lowest BCUT2D eigenvalue weighted by Gasteiger charge is -2.52. The fourth-order valence-corrected chi connectivity index (χ4v) is 3.49. The van der Waals surface area contributed by atoms with Crippen LogP contribution in [0.5, 0.6) is 0 Å². The highest BCUT2D eigenvalue weighted by atomic mass is 19.1. The Bertz CT molecular complexity index is 728. The van der Waals surface area contributed by atoms with Gasteiger partial charge >= 0.3 is 5.97 Å². The maximum Gasteiger partial charge on any atom is 0.312 e. The van der Waals surface area contributed by atoms with Crippen molar-refractivity contribution in [2.75, 3.05) is 19.8 Å². The number of ether oxygens (including phenoxy) is 3. The van der Waals surface area contributed by atoms with Crippen LogP contribution in [-0.4, -0.2) is 19.8 Å². The van der Waals surface area contributed by atoms with Gasteiger partial charge in [-0.2, -0.15) is 0 Å². The van der Waals surface area contributed by atoms with Gasteiger partial charge in [-0.25, -0.2) is 8.78 Å². The Morgan fingerprint density at radius 3 is 1.92 bits per heavy atom. The standard InChI is InChI=1S/C20H20F2O3/c1-2-3-14-4-6-15(7-5-14)19-11-23-20(24-12-19,25-13-19)16-8-17(21)10-18(22)9-16/h4-10H,2-3,11-13H2,1H3. The molecule has 132 valence electrons. The van der Waals surface area contributed by atoms with E-state index < -0.39 is 23.0 Å². The lowest BCUT2D eigenvalue weighted by molar-refractivity contribution is -0.466. The molecule has 3 fully saturated rings. The second-order valence-electron chi connectivity index (χ2n) is 6.81. The Kier molecular flexibility index (Phi) is 4.10. The van der Waals surface area contributed by atoms with Crippen molar-refractivity contribution in [3.8, 4) is 0 Å². The molecule has 0 unspecified atom stereocenters. The Morgan fingerprint density at radius 2 is 1.40 bits per heavy atom. The number of hydrogen-bond donors (Lipinski definition) is 0. The summed E-state index contributed by atoms with van der Waals surface area (Å²) in [5.41, 5.74) is 2.20. The van der Waals surface area contributed by atoms with E-state index in [1.165, 1.54) is 17.7 Å². The van der Waals surface area contributed by atoms with Crippen LogP contribution in [0.1, 0.15) is 30.0 Å². The number of fused-ring (bicyclic) bond motifs is 3. The molecule has 25 heavy (non-hydrogen) atoms. The van der Waals surface area contributed by atoms with E-state index in [4.69, 9.17) is 14.2 Å². The van der Waals surface area contributed by atoms with Gasteiger partial charge < -0.3 is 14.2 Å². The van der Waals surface area contributed by atoms with Crippen LogP contribution in [0.15, 0.2) is 42.5 Å². The largest absolute Gasteiger partial charge is 0.322 e. The van der Waals surface area contributed by atoms with Gasteiger partial charge in [0.15, 0.2) is 0 Å². The molecule has 0 aromatic heterocycles. The summed E-state index contributed by atoms with van der Waals surface area (Å²) in [6.45, 7) is 3.27. The van der Waals surface area contributed by atoms with E-state index in [1.807, 2.05) is 0 Å². The van der Waals surface area contributed by atoms with Crippen LogP contribution in [0, 0.1) is 11.6 Å². The van der Waals surface area contributed by atoms with Crippen molar-refractivity contribution < 1.29 is 23.0 Å². The molecule has 2 bridgehead atoms. The first kappa shape index (κ1) is 16.6. The molecule has 3 saturated heterocycles. The summed E-state index contributed by atoms with van der Waals surface area (Å²) in [7, 11) is 0. The summed E-state index contributed by atoms with van der Waals surface area (Å²) in [4.78, 5) is 0. The van der Waals surface area contributed by atoms with E-state index >= 15 is 0 Å². The highest BCUT2D eigenvalue weighted by molar-refractivity contribution is 5.32. The van der Waals surface area contributed by atoms with Crippen LogP contribution < -0.4 is 0 Å². The average molecular weight is 346 g/mol. The Hall–Kier alpha value is -1.82. The summed E-state index contributed by atoms with van der Waals surface area (Å²) in [6.07, 6.45) is 2.15.